The van der Waals surface area contributed by atoms with Gasteiger partial charge in [0.25, 0.3) is 0 Å². The first kappa shape index (κ1) is 19.1. The van der Waals surface area contributed by atoms with Crippen LogP contribution in [0.3, 0.4) is 0 Å². The zero-order chi connectivity index (χ0) is 17.1. The summed E-state index contributed by atoms with van der Waals surface area (Å²) in [6.07, 6.45) is 9.25. The first-order valence-corrected chi connectivity index (χ1v) is 8.40. The molecule has 1 aromatic carbocycles. The fourth-order valence-corrected chi connectivity index (χ4v) is 2.45. The molecular formula is C19H29NO3. The van der Waals surface area contributed by atoms with Gasteiger partial charge >= 0.3 is 0 Å². The number of hydrogen-bond donors (Lipinski definition) is 2. The number of rotatable bonds is 10. The van der Waals surface area contributed by atoms with Crippen molar-refractivity contribution in [2.24, 2.45) is 5.92 Å². The average molecular weight is 319 g/mol. The average Bonchev–Trinajstić information content (AvgIpc) is 2.57. The Bertz CT molecular complexity index is 511. The van der Waals surface area contributed by atoms with Gasteiger partial charge in [0, 0.05) is 12.5 Å². The lowest BCUT2D eigenvalue weighted by Gasteiger charge is -2.15. The fourth-order valence-electron chi connectivity index (χ4n) is 2.45. The zero-order valence-corrected chi connectivity index (χ0v) is 14.5. The summed E-state index contributed by atoms with van der Waals surface area (Å²) in [7, 11) is 1.51. The number of amides is 1. The molecule has 0 radical (unpaired) electrons. The third kappa shape index (κ3) is 6.76. The molecule has 0 aliphatic heterocycles. The molecule has 128 valence electrons. The number of methoxy groups -OCH3 is 1. The molecule has 2 N–H and O–H groups in total. The Kier molecular flexibility index (Phi) is 8.88. The summed E-state index contributed by atoms with van der Waals surface area (Å²) in [6, 6.07) is 5.11. The first-order valence-electron chi connectivity index (χ1n) is 8.40. The fraction of sp³-hybridized carbons (Fsp3) is 0.526. The van der Waals surface area contributed by atoms with Crippen molar-refractivity contribution in [1.82, 2.24) is 5.32 Å². The van der Waals surface area contributed by atoms with Crippen LogP contribution in [-0.4, -0.2) is 18.1 Å². The van der Waals surface area contributed by atoms with E-state index in [-0.39, 0.29) is 17.6 Å². The molecule has 1 unspecified atom stereocenters. The molecule has 1 atom stereocenters. The van der Waals surface area contributed by atoms with Crippen LogP contribution in [0.1, 0.15) is 51.5 Å². The van der Waals surface area contributed by atoms with Crippen molar-refractivity contribution in [3.05, 3.63) is 35.9 Å². The number of aromatic hydroxyl groups is 1. The Morgan fingerprint density at radius 2 is 2.13 bits per heavy atom. The van der Waals surface area contributed by atoms with Gasteiger partial charge in [-0.1, -0.05) is 32.1 Å². The van der Waals surface area contributed by atoms with Gasteiger partial charge in [-0.15, -0.1) is 0 Å². The van der Waals surface area contributed by atoms with Crippen molar-refractivity contribution >= 4 is 5.91 Å². The van der Waals surface area contributed by atoms with Crippen molar-refractivity contribution < 1.29 is 14.6 Å². The van der Waals surface area contributed by atoms with Gasteiger partial charge in [-0.2, -0.15) is 0 Å². The molecule has 0 fully saturated rings. The second-order valence-electron chi connectivity index (χ2n) is 5.64. The molecule has 0 bridgehead atoms. The van der Waals surface area contributed by atoms with Crippen LogP contribution < -0.4 is 10.1 Å². The van der Waals surface area contributed by atoms with Crippen LogP contribution in [0.15, 0.2) is 30.4 Å². The molecule has 0 heterocycles. The number of allylic oxidation sites excluding steroid dienone is 2. The standard InChI is InChI=1S/C19H29NO3/c1-4-6-7-8-9-10-16(5-2)19(22)20-14-15-11-12-17(21)18(13-15)23-3/h6-7,11-13,16,21H,4-5,8-10,14H2,1-3H3,(H,20,22). The highest BCUT2D eigenvalue weighted by atomic mass is 16.5. The van der Waals surface area contributed by atoms with Crippen molar-refractivity contribution in [2.45, 2.75) is 52.5 Å². The molecule has 0 saturated carbocycles. The molecule has 0 spiro atoms. The molecule has 0 aliphatic rings. The predicted molar refractivity (Wildman–Crippen MR) is 93.6 cm³/mol. The van der Waals surface area contributed by atoms with Crippen LogP contribution in [0.2, 0.25) is 0 Å². The summed E-state index contributed by atoms with van der Waals surface area (Å²) in [6.45, 7) is 4.62. The molecule has 0 aliphatic carbocycles. The van der Waals surface area contributed by atoms with E-state index >= 15 is 0 Å². The topological polar surface area (TPSA) is 58.6 Å². The van der Waals surface area contributed by atoms with E-state index < -0.39 is 0 Å². The van der Waals surface area contributed by atoms with E-state index in [1.165, 1.54) is 7.11 Å². The largest absolute Gasteiger partial charge is 0.504 e. The van der Waals surface area contributed by atoms with Crippen LogP contribution in [0.5, 0.6) is 11.5 Å². The summed E-state index contributed by atoms with van der Waals surface area (Å²) in [5, 5.41) is 12.6. The number of phenols is 1. The van der Waals surface area contributed by atoms with Crippen LogP contribution in [0.4, 0.5) is 0 Å². The second kappa shape index (κ2) is 10.7. The Morgan fingerprint density at radius 1 is 1.35 bits per heavy atom. The van der Waals surface area contributed by atoms with Crippen molar-refractivity contribution in [2.75, 3.05) is 7.11 Å². The molecule has 0 aromatic heterocycles. The smallest absolute Gasteiger partial charge is 0.223 e. The van der Waals surface area contributed by atoms with E-state index in [1.807, 2.05) is 0 Å². The van der Waals surface area contributed by atoms with Gasteiger partial charge < -0.3 is 15.2 Å². The Morgan fingerprint density at radius 3 is 2.78 bits per heavy atom. The highest BCUT2D eigenvalue weighted by Gasteiger charge is 2.15. The Balaban J connectivity index is 2.45. The maximum absolute atomic E-state index is 12.3. The number of hydrogen-bond acceptors (Lipinski definition) is 3. The third-order valence-corrected chi connectivity index (χ3v) is 3.90. The minimum Gasteiger partial charge on any atom is -0.504 e. The Hall–Kier alpha value is -1.97. The maximum atomic E-state index is 12.3. The lowest BCUT2D eigenvalue weighted by molar-refractivity contribution is -0.125. The SMILES string of the molecule is CCC=CCCCC(CC)C(=O)NCc1ccc(O)c(OC)c1. The maximum Gasteiger partial charge on any atom is 0.223 e. The van der Waals surface area contributed by atoms with E-state index in [4.69, 9.17) is 4.74 Å². The molecule has 4 nitrogen and oxygen atoms in total. The number of unbranched alkanes of at least 4 members (excludes halogenated alkanes) is 1. The van der Waals surface area contributed by atoms with Crippen molar-refractivity contribution in [3.8, 4) is 11.5 Å². The zero-order valence-electron chi connectivity index (χ0n) is 14.5. The van der Waals surface area contributed by atoms with Gasteiger partial charge in [0.05, 0.1) is 7.11 Å². The number of nitrogens with one attached hydrogen (secondary N) is 1. The summed E-state index contributed by atoms with van der Waals surface area (Å²) in [4.78, 5) is 12.3. The van der Waals surface area contributed by atoms with Gasteiger partial charge in [-0.05, 0) is 49.8 Å². The summed E-state index contributed by atoms with van der Waals surface area (Å²) < 4.78 is 5.08. The van der Waals surface area contributed by atoms with E-state index in [2.05, 4.69) is 31.3 Å². The number of carbonyl (C=O) groups is 1. The second-order valence-corrected chi connectivity index (χ2v) is 5.64. The molecule has 4 heteroatoms. The van der Waals surface area contributed by atoms with Crippen LogP contribution in [0, 0.1) is 5.92 Å². The van der Waals surface area contributed by atoms with Crippen molar-refractivity contribution in [1.29, 1.82) is 0 Å². The van der Waals surface area contributed by atoms with Gasteiger partial charge in [-0.25, -0.2) is 0 Å². The number of ether oxygens (including phenoxy) is 1. The lowest BCUT2D eigenvalue weighted by atomic mass is 9.98. The molecular weight excluding hydrogens is 290 g/mol. The third-order valence-electron chi connectivity index (χ3n) is 3.90. The molecule has 23 heavy (non-hydrogen) atoms. The normalized spacial score (nSPS) is 12.3. The highest BCUT2D eigenvalue weighted by molar-refractivity contribution is 5.78. The first-order chi connectivity index (χ1) is 11.1. The quantitative estimate of drug-likeness (QED) is 0.502. The van der Waals surface area contributed by atoms with Crippen LogP contribution in [-0.2, 0) is 11.3 Å². The van der Waals surface area contributed by atoms with Crippen LogP contribution in [0.25, 0.3) is 0 Å². The Labute approximate surface area is 139 Å². The summed E-state index contributed by atoms with van der Waals surface area (Å²) >= 11 is 0. The molecule has 1 rings (SSSR count). The molecule has 1 amide bonds. The minimum atomic E-state index is 0.0593. The predicted octanol–water partition coefficient (Wildman–Crippen LogP) is 4.18. The van der Waals surface area contributed by atoms with Gasteiger partial charge in [-0.3, -0.25) is 4.79 Å². The number of benzene rings is 1. The van der Waals surface area contributed by atoms with E-state index in [1.54, 1.807) is 18.2 Å². The van der Waals surface area contributed by atoms with E-state index in [0.29, 0.717) is 12.3 Å². The van der Waals surface area contributed by atoms with Gasteiger partial charge in [0.2, 0.25) is 5.91 Å². The van der Waals surface area contributed by atoms with Crippen molar-refractivity contribution in [3.63, 3.8) is 0 Å². The number of phenolic OH excluding ortho intramolecular Hbond substituents is 1. The summed E-state index contributed by atoms with van der Waals surface area (Å²) in [5.74, 6) is 0.684. The van der Waals surface area contributed by atoms with E-state index in [9.17, 15) is 9.90 Å². The highest BCUT2D eigenvalue weighted by Crippen LogP contribution is 2.26. The summed E-state index contributed by atoms with van der Waals surface area (Å²) in [5.41, 5.74) is 0.911. The monoisotopic (exact) mass is 319 g/mol. The van der Waals surface area contributed by atoms with Gasteiger partial charge in [0.1, 0.15) is 0 Å². The van der Waals surface area contributed by atoms with Gasteiger partial charge in [0.15, 0.2) is 11.5 Å². The minimum absolute atomic E-state index is 0.0593. The van der Waals surface area contributed by atoms with Crippen LogP contribution >= 0.6 is 0 Å². The molecule has 0 saturated heterocycles. The number of carbonyl (C=O) groups excluding carboxylic acids is 1. The lowest BCUT2D eigenvalue weighted by Crippen LogP contribution is -2.30. The van der Waals surface area contributed by atoms with E-state index in [0.717, 1.165) is 37.7 Å². The molecule has 1 aromatic rings.